The number of nitrogens with one attached hydrogen (secondary N) is 1. The molecule has 10 heteroatoms. The minimum absolute atomic E-state index is 0.166. The number of halogens is 2. The topological polar surface area (TPSA) is 92.5 Å². The zero-order valence-corrected chi connectivity index (χ0v) is 15.8. The lowest BCUT2D eigenvalue weighted by molar-refractivity contribution is -0.118. The molecule has 0 atom stereocenters. The summed E-state index contributed by atoms with van der Waals surface area (Å²) in [5, 5.41) is 3.18. The predicted octanol–water partition coefficient (Wildman–Crippen LogP) is 1.50. The number of carbonyl (C=O) groups excluding carboxylic acids is 1. The summed E-state index contributed by atoms with van der Waals surface area (Å²) in [6.07, 6.45) is 1.32. The Hall–Kier alpha value is -0.000000000000000333. The molecule has 0 aromatic carbocycles. The molecule has 0 aliphatic carbocycles. The standard InChI is InChI=1S/C11H15Br2N3O3S2/c12-9-5-8(11(13)20-9)21(18,19)16(6-10(14)17)7-1-3-15-4-2-7/h5,7,15H,1-4,6H2,(H2,14,17). The van der Waals surface area contributed by atoms with Crippen molar-refractivity contribution in [3.63, 3.8) is 0 Å². The average Bonchev–Trinajstić information content (AvgIpc) is 2.76. The van der Waals surface area contributed by atoms with E-state index in [2.05, 4.69) is 37.2 Å². The van der Waals surface area contributed by atoms with Crippen LogP contribution in [-0.4, -0.2) is 44.3 Å². The molecule has 0 radical (unpaired) electrons. The van der Waals surface area contributed by atoms with Crippen LogP contribution in [0.25, 0.3) is 0 Å². The van der Waals surface area contributed by atoms with Crippen LogP contribution < -0.4 is 11.1 Å². The second kappa shape index (κ2) is 7.05. The number of piperidine rings is 1. The van der Waals surface area contributed by atoms with Crippen LogP contribution in [0, 0.1) is 0 Å². The van der Waals surface area contributed by atoms with Crippen LogP contribution in [0.4, 0.5) is 0 Å². The number of hydrogen-bond donors (Lipinski definition) is 2. The zero-order valence-electron chi connectivity index (χ0n) is 11.0. The van der Waals surface area contributed by atoms with Gasteiger partial charge in [0.25, 0.3) is 0 Å². The van der Waals surface area contributed by atoms with Gasteiger partial charge in [0.05, 0.1) is 14.1 Å². The minimum Gasteiger partial charge on any atom is -0.369 e. The molecule has 3 N–H and O–H groups in total. The SMILES string of the molecule is NC(=O)CN(C1CCNCC1)S(=O)(=O)c1cc(Br)sc1Br. The molecule has 2 rings (SSSR count). The molecule has 21 heavy (non-hydrogen) atoms. The highest BCUT2D eigenvalue weighted by molar-refractivity contribution is 9.12. The first-order chi connectivity index (χ1) is 9.82. The molecular weight excluding hydrogens is 446 g/mol. The van der Waals surface area contributed by atoms with E-state index in [0.29, 0.717) is 20.4 Å². The molecule has 0 spiro atoms. The van der Waals surface area contributed by atoms with Crippen molar-refractivity contribution >= 4 is 59.1 Å². The van der Waals surface area contributed by atoms with Crippen LogP contribution in [-0.2, 0) is 14.8 Å². The number of carbonyl (C=O) groups is 1. The van der Waals surface area contributed by atoms with Crippen molar-refractivity contribution in [1.29, 1.82) is 0 Å². The van der Waals surface area contributed by atoms with E-state index < -0.39 is 15.9 Å². The second-order valence-electron chi connectivity index (χ2n) is 4.69. The van der Waals surface area contributed by atoms with E-state index in [-0.39, 0.29) is 17.5 Å². The molecule has 6 nitrogen and oxygen atoms in total. The maximum atomic E-state index is 12.9. The predicted molar refractivity (Wildman–Crippen MR) is 88.7 cm³/mol. The largest absolute Gasteiger partial charge is 0.369 e. The number of sulfonamides is 1. The van der Waals surface area contributed by atoms with Crippen molar-refractivity contribution in [3.05, 3.63) is 13.6 Å². The molecule has 1 aliphatic heterocycles. The van der Waals surface area contributed by atoms with Crippen molar-refractivity contribution < 1.29 is 13.2 Å². The molecule has 1 amide bonds. The van der Waals surface area contributed by atoms with E-state index in [0.717, 1.165) is 13.1 Å². The van der Waals surface area contributed by atoms with Gasteiger partial charge in [-0.25, -0.2) is 8.42 Å². The average molecular weight is 461 g/mol. The Bertz CT molecular complexity index is 627. The maximum absolute atomic E-state index is 12.9. The van der Waals surface area contributed by atoms with Crippen molar-refractivity contribution in [2.24, 2.45) is 5.73 Å². The molecule has 1 aliphatic rings. The quantitative estimate of drug-likeness (QED) is 0.696. The highest BCUT2D eigenvalue weighted by atomic mass is 79.9. The van der Waals surface area contributed by atoms with E-state index >= 15 is 0 Å². The summed E-state index contributed by atoms with van der Waals surface area (Å²) in [6, 6.07) is 1.33. The number of amides is 1. The lowest BCUT2D eigenvalue weighted by atomic mass is 10.1. The Morgan fingerprint density at radius 2 is 2.05 bits per heavy atom. The Labute approximate surface area is 144 Å². The van der Waals surface area contributed by atoms with E-state index in [1.54, 1.807) is 6.07 Å². The molecule has 2 heterocycles. The van der Waals surface area contributed by atoms with E-state index in [4.69, 9.17) is 5.73 Å². The number of nitrogens with two attached hydrogens (primary N) is 1. The van der Waals surface area contributed by atoms with Gasteiger partial charge in [0.1, 0.15) is 4.90 Å². The summed E-state index contributed by atoms with van der Waals surface area (Å²) in [5.41, 5.74) is 5.24. The van der Waals surface area contributed by atoms with Crippen LogP contribution in [0.5, 0.6) is 0 Å². The molecule has 1 aromatic rings. The van der Waals surface area contributed by atoms with Crippen molar-refractivity contribution in [3.8, 4) is 0 Å². The fraction of sp³-hybridized carbons (Fsp3) is 0.545. The monoisotopic (exact) mass is 459 g/mol. The van der Waals surface area contributed by atoms with Crippen LogP contribution >= 0.6 is 43.2 Å². The molecule has 0 bridgehead atoms. The Morgan fingerprint density at radius 3 is 2.52 bits per heavy atom. The molecule has 1 aromatic heterocycles. The Morgan fingerprint density at radius 1 is 1.43 bits per heavy atom. The van der Waals surface area contributed by atoms with Gasteiger partial charge in [-0.3, -0.25) is 4.79 Å². The fourth-order valence-electron chi connectivity index (χ4n) is 2.29. The fourth-order valence-corrected chi connectivity index (χ4v) is 7.70. The van der Waals surface area contributed by atoms with Crippen LogP contribution in [0.3, 0.4) is 0 Å². The molecule has 0 saturated carbocycles. The van der Waals surface area contributed by atoms with Crippen molar-refractivity contribution in [2.45, 2.75) is 23.8 Å². The Balaban J connectivity index is 2.38. The van der Waals surface area contributed by atoms with Gasteiger partial charge in [-0.2, -0.15) is 4.31 Å². The first kappa shape index (κ1) is 17.4. The van der Waals surface area contributed by atoms with Crippen LogP contribution in [0.2, 0.25) is 0 Å². The summed E-state index contributed by atoms with van der Waals surface area (Å²) in [7, 11) is -3.77. The first-order valence-corrected chi connectivity index (χ1v) is 10.1. The number of rotatable bonds is 5. The van der Waals surface area contributed by atoms with Crippen LogP contribution in [0.15, 0.2) is 18.5 Å². The number of primary amides is 1. The van der Waals surface area contributed by atoms with Gasteiger partial charge in [0.15, 0.2) is 0 Å². The van der Waals surface area contributed by atoms with Gasteiger partial charge in [0, 0.05) is 6.04 Å². The molecule has 118 valence electrons. The number of nitrogens with zero attached hydrogens (tertiary/aromatic N) is 1. The third kappa shape index (κ3) is 4.05. The third-order valence-corrected chi connectivity index (χ3v) is 7.89. The van der Waals surface area contributed by atoms with E-state index in [9.17, 15) is 13.2 Å². The first-order valence-electron chi connectivity index (χ1n) is 6.28. The zero-order chi connectivity index (χ0) is 15.6. The summed E-state index contributed by atoms with van der Waals surface area (Å²) in [5.74, 6) is -0.650. The van der Waals surface area contributed by atoms with Gasteiger partial charge in [0.2, 0.25) is 15.9 Å². The van der Waals surface area contributed by atoms with Crippen molar-refractivity contribution in [1.82, 2.24) is 9.62 Å². The number of thiophene rings is 1. The smallest absolute Gasteiger partial charge is 0.245 e. The normalized spacial score (nSPS) is 17.3. The van der Waals surface area contributed by atoms with E-state index in [1.165, 1.54) is 15.6 Å². The number of hydrogen-bond acceptors (Lipinski definition) is 5. The lowest BCUT2D eigenvalue weighted by Gasteiger charge is -2.32. The van der Waals surface area contributed by atoms with Gasteiger partial charge in [-0.1, -0.05) is 0 Å². The summed E-state index contributed by atoms with van der Waals surface area (Å²) >= 11 is 7.82. The highest BCUT2D eigenvalue weighted by Gasteiger charge is 2.35. The van der Waals surface area contributed by atoms with Crippen LogP contribution in [0.1, 0.15) is 12.8 Å². The minimum atomic E-state index is -3.77. The second-order valence-corrected chi connectivity index (χ2v) is 10.3. The van der Waals surface area contributed by atoms with Gasteiger partial charge >= 0.3 is 0 Å². The summed E-state index contributed by atoms with van der Waals surface area (Å²) in [4.78, 5) is 11.5. The maximum Gasteiger partial charge on any atom is 0.245 e. The molecule has 1 fully saturated rings. The third-order valence-electron chi connectivity index (χ3n) is 3.24. The van der Waals surface area contributed by atoms with Gasteiger partial charge in [-0.15, -0.1) is 11.3 Å². The summed E-state index contributed by atoms with van der Waals surface area (Å²) < 4.78 is 28.2. The van der Waals surface area contributed by atoms with Gasteiger partial charge in [-0.05, 0) is 63.9 Å². The highest BCUT2D eigenvalue weighted by Crippen LogP contribution is 2.37. The summed E-state index contributed by atoms with van der Waals surface area (Å²) in [6.45, 7) is 1.15. The van der Waals surface area contributed by atoms with E-state index in [1.807, 2.05) is 0 Å². The molecule has 1 saturated heterocycles. The lowest BCUT2D eigenvalue weighted by Crippen LogP contribution is -2.49. The Kier molecular flexibility index (Phi) is 5.83. The molecule has 0 unspecified atom stereocenters. The van der Waals surface area contributed by atoms with Crippen molar-refractivity contribution in [2.75, 3.05) is 19.6 Å². The molecular formula is C11H15Br2N3O3S2. The van der Waals surface area contributed by atoms with Gasteiger partial charge < -0.3 is 11.1 Å².